The van der Waals surface area contributed by atoms with Crippen LogP contribution in [-0.2, 0) is 43.2 Å². The predicted octanol–water partition coefficient (Wildman–Crippen LogP) is 7.00. The summed E-state index contributed by atoms with van der Waals surface area (Å²) in [6, 6.07) is 49.4. The van der Waals surface area contributed by atoms with Gasteiger partial charge in [0.25, 0.3) is 11.1 Å². The lowest BCUT2D eigenvalue weighted by molar-refractivity contribution is -0.0947. The van der Waals surface area contributed by atoms with Gasteiger partial charge < -0.3 is 48.1 Å². The second-order valence-corrected chi connectivity index (χ2v) is 20.4. The van der Waals surface area contributed by atoms with Gasteiger partial charge in [0.15, 0.2) is 0 Å². The summed E-state index contributed by atoms with van der Waals surface area (Å²) in [5.74, 6) is 2.60. The molecule has 426 valence electrons. The van der Waals surface area contributed by atoms with Gasteiger partial charge in [-0.3, -0.25) is 27.9 Å². The quantitative estimate of drug-likeness (QED) is 0.0697. The Balaban J connectivity index is 0.887. The molecule has 0 unspecified atom stereocenters. The molecule has 82 heavy (non-hydrogen) atoms. The third-order valence-electron chi connectivity index (χ3n) is 15.6. The smallest absolute Gasteiger partial charge is 0.333 e. The SMILES string of the molecule is COc1ccc(C(OC[C@H]2O[C@@H](n3cc(C)c(=O)n(CCn4c(=O)c(C)cn([C@H]5C[C@H](O)[C@@H](COC(c6ccccc6)(c6ccc(OC)cc6)c6ccc(OC)cc6)O5)c4=O)c3=O)C[C@@H]2O)(c2ccccc2)c2ccc(OC)cc2)cc1. The van der Waals surface area contributed by atoms with Crippen molar-refractivity contribution in [1.29, 1.82) is 0 Å². The maximum atomic E-state index is 14.5. The van der Waals surface area contributed by atoms with E-state index < -0.39 is 70.6 Å². The van der Waals surface area contributed by atoms with Gasteiger partial charge >= 0.3 is 11.4 Å². The van der Waals surface area contributed by atoms with E-state index >= 15 is 0 Å². The number of ether oxygens (including phenoxy) is 8. The molecule has 6 aromatic carbocycles. The molecule has 6 atom stereocenters. The highest BCUT2D eigenvalue weighted by molar-refractivity contribution is 5.51. The summed E-state index contributed by atoms with van der Waals surface area (Å²) in [7, 11) is 6.37. The van der Waals surface area contributed by atoms with Crippen molar-refractivity contribution in [2.75, 3.05) is 41.7 Å². The summed E-state index contributed by atoms with van der Waals surface area (Å²) in [6.45, 7) is 2.10. The van der Waals surface area contributed by atoms with Crippen molar-refractivity contribution in [3.8, 4) is 23.0 Å². The third kappa shape index (κ3) is 11.0. The van der Waals surface area contributed by atoms with E-state index in [2.05, 4.69) is 0 Å². The molecule has 0 aliphatic carbocycles. The van der Waals surface area contributed by atoms with Crippen LogP contribution in [0.2, 0.25) is 0 Å². The third-order valence-corrected chi connectivity index (χ3v) is 15.6. The first-order chi connectivity index (χ1) is 39.7. The van der Waals surface area contributed by atoms with Crippen LogP contribution in [-0.4, -0.2) is 94.6 Å². The van der Waals surface area contributed by atoms with Gasteiger partial charge in [-0.05, 0) is 95.8 Å². The molecule has 18 nitrogen and oxygen atoms in total. The van der Waals surface area contributed by atoms with E-state index in [1.54, 1.807) is 42.3 Å². The zero-order chi connectivity index (χ0) is 57.7. The molecule has 2 saturated heterocycles. The molecular weight excluding hydrogens is 1050 g/mol. The van der Waals surface area contributed by atoms with E-state index in [-0.39, 0.29) is 50.3 Å². The molecule has 0 amide bonds. The highest BCUT2D eigenvalue weighted by Crippen LogP contribution is 2.45. The van der Waals surface area contributed by atoms with Gasteiger partial charge in [0.05, 0.1) is 53.9 Å². The first kappa shape index (κ1) is 56.9. The van der Waals surface area contributed by atoms with Crippen LogP contribution >= 0.6 is 0 Å². The minimum absolute atomic E-state index is 0.0213. The number of nitrogens with zero attached hydrogens (tertiary/aromatic N) is 4. The summed E-state index contributed by atoms with van der Waals surface area (Å²) in [5.41, 5.74) is -0.198. The number of hydrogen-bond donors (Lipinski definition) is 2. The standard InChI is InChI=1S/C64H66N4O14/c1-41-37-67(57-35-53(69)55(81-57)39-79-63(43-13-9-7-10-14-43,45-17-25-49(75-3)26-18-45)46-19-27-50(76-4)28-20-46)61(73)65(59(41)71)33-34-66-60(72)42(2)38-68(62(66)74)58-36-54(70)56(82-58)40-80-64(44-15-11-8-12-16-44,47-21-29-51(77-5)30-22-47)48-23-31-52(78-6)32-24-48/h7-32,37-38,53-58,69-70H,33-36,39-40H2,1-6H3/t53-,54-,55+,56+,57+,58+/m0/s1. The molecule has 0 radical (unpaired) electrons. The van der Waals surface area contributed by atoms with E-state index in [9.17, 15) is 29.4 Å². The summed E-state index contributed by atoms with van der Waals surface area (Å²) >= 11 is 0. The largest absolute Gasteiger partial charge is 0.497 e. The van der Waals surface area contributed by atoms with E-state index in [1.807, 2.05) is 158 Å². The fraction of sp³-hybridized carbons (Fsp3) is 0.312. The fourth-order valence-electron chi connectivity index (χ4n) is 11.2. The lowest BCUT2D eigenvalue weighted by Crippen LogP contribution is -2.46. The van der Waals surface area contributed by atoms with Crippen LogP contribution in [0, 0.1) is 13.8 Å². The highest BCUT2D eigenvalue weighted by atomic mass is 16.6. The van der Waals surface area contributed by atoms with Crippen molar-refractivity contribution in [1.82, 2.24) is 18.3 Å². The van der Waals surface area contributed by atoms with Crippen molar-refractivity contribution in [2.24, 2.45) is 0 Å². The lowest BCUT2D eigenvalue weighted by atomic mass is 9.80. The molecule has 2 aliphatic rings. The van der Waals surface area contributed by atoms with Crippen molar-refractivity contribution in [2.45, 2.75) is 87.9 Å². The first-order valence-corrected chi connectivity index (χ1v) is 27.0. The molecule has 10 rings (SSSR count). The molecule has 0 saturated carbocycles. The van der Waals surface area contributed by atoms with Crippen LogP contribution in [0.4, 0.5) is 0 Å². The van der Waals surface area contributed by atoms with Crippen molar-refractivity contribution in [3.63, 3.8) is 0 Å². The number of aliphatic hydroxyl groups excluding tert-OH is 2. The molecule has 2 fully saturated rings. The van der Waals surface area contributed by atoms with Crippen LogP contribution in [0.15, 0.2) is 189 Å². The molecular formula is C64H66N4O14. The summed E-state index contributed by atoms with van der Waals surface area (Å²) in [4.78, 5) is 56.6. The van der Waals surface area contributed by atoms with E-state index in [0.29, 0.717) is 23.0 Å². The van der Waals surface area contributed by atoms with Crippen LogP contribution in [0.1, 0.15) is 69.8 Å². The average Bonchev–Trinajstić information content (AvgIpc) is 4.23. The van der Waals surface area contributed by atoms with Gasteiger partial charge in [-0.1, -0.05) is 109 Å². The minimum atomic E-state index is -1.22. The van der Waals surface area contributed by atoms with Gasteiger partial charge in [-0.2, -0.15) is 0 Å². The molecule has 18 heteroatoms. The number of rotatable bonds is 21. The van der Waals surface area contributed by atoms with Crippen molar-refractivity contribution in [3.05, 3.63) is 256 Å². The predicted molar refractivity (Wildman–Crippen MR) is 305 cm³/mol. The van der Waals surface area contributed by atoms with Crippen molar-refractivity contribution < 1.29 is 48.1 Å². The average molecular weight is 1120 g/mol. The molecule has 0 bridgehead atoms. The number of aromatic nitrogens is 4. The van der Waals surface area contributed by atoms with E-state index in [1.165, 1.54) is 21.5 Å². The van der Waals surface area contributed by atoms with Crippen molar-refractivity contribution >= 4 is 0 Å². The lowest BCUT2D eigenvalue weighted by Gasteiger charge is -2.37. The zero-order valence-corrected chi connectivity index (χ0v) is 46.5. The molecule has 2 aliphatic heterocycles. The van der Waals surface area contributed by atoms with Gasteiger partial charge in [0.2, 0.25) is 0 Å². The topological polar surface area (TPSA) is 202 Å². The Hall–Kier alpha value is -8.36. The number of benzene rings is 6. The molecule has 0 spiro atoms. The molecule has 2 N–H and O–H groups in total. The summed E-state index contributed by atoms with van der Waals surface area (Å²) < 4.78 is 53.4. The molecule has 2 aromatic heterocycles. The Labute approximate surface area is 473 Å². The van der Waals surface area contributed by atoms with Gasteiger partial charge in [-0.15, -0.1) is 0 Å². The summed E-state index contributed by atoms with van der Waals surface area (Å²) in [6.07, 6.45) is -3.39. The van der Waals surface area contributed by atoms with Crippen LogP contribution < -0.4 is 41.4 Å². The molecule has 4 heterocycles. The Bertz CT molecular complexity index is 3370. The second-order valence-electron chi connectivity index (χ2n) is 20.4. The number of aryl methyl sites for hydroxylation is 2. The summed E-state index contributed by atoms with van der Waals surface area (Å²) in [5, 5.41) is 23.3. The zero-order valence-electron chi connectivity index (χ0n) is 46.5. The Morgan fingerprint density at radius 2 is 0.720 bits per heavy atom. The second kappa shape index (κ2) is 24.4. The number of hydrogen-bond acceptors (Lipinski definition) is 14. The van der Waals surface area contributed by atoms with Crippen LogP contribution in [0.25, 0.3) is 0 Å². The monoisotopic (exact) mass is 1110 g/mol. The van der Waals surface area contributed by atoms with Crippen LogP contribution in [0.5, 0.6) is 23.0 Å². The first-order valence-electron chi connectivity index (χ1n) is 27.0. The minimum Gasteiger partial charge on any atom is -0.497 e. The Kier molecular flexibility index (Phi) is 16.9. The normalized spacial score (nSPS) is 19.0. The van der Waals surface area contributed by atoms with E-state index in [0.717, 1.165) is 42.5 Å². The maximum Gasteiger partial charge on any atom is 0.333 e. The Morgan fingerprint density at radius 1 is 0.439 bits per heavy atom. The highest BCUT2D eigenvalue weighted by Gasteiger charge is 2.44. The maximum absolute atomic E-state index is 14.5. The van der Waals surface area contributed by atoms with Gasteiger partial charge in [-0.25, -0.2) is 9.59 Å². The number of methoxy groups -OCH3 is 4. The van der Waals surface area contributed by atoms with Gasteiger partial charge in [0, 0.05) is 49.5 Å². The van der Waals surface area contributed by atoms with Gasteiger partial charge in [0.1, 0.15) is 58.9 Å². The van der Waals surface area contributed by atoms with E-state index in [4.69, 9.17) is 37.9 Å². The van der Waals surface area contributed by atoms with Crippen LogP contribution in [0.3, 0.4) is 0 Å². The Morgan fingerprint density at radius 3 is 1.00 bits per heavy atom. The fourth-order valence-corrected chi connectivity index (χ4v) is 11.2. The number of aliphatic hydroxyl groups is 2. The molecule has 8 aromatic rings.